The van der Waals surface area contributed by atoms with Crippen molar-refractivity contribution in [2.45, 2.75) is 6.42 Å². The van der Waals surface area contributed by atoms with Gasteiger partial charge in [-0.25, -0.2) is 8.42 Å². The molecule has 0 aromatic heterocycles. The van der Waals surface area contributed by atoms with Gasteiger partial charge in [0.05, 0.1) is 5.75 Å². The molecular weight excluding hydrogens is 162 g/mol. The zero-order chi connectivity index (χ0) is 6.62. The third kappa shape index (κ3) is 11.7. The summed E-state index contributed by atoms with van der Waals surface area (Å²) in [5.41, 5.74) is 5.07. The first-order chi connectivity index (χ1) is 3.56. The van der Waals surface area contributed by atoms with Crippen molar-refractivity contribution in [1.29, 1.82) is 0 Å². The first kappa shape index (κ1) is 11.9. The average Bonchev–Trinajstić information content (AvgIpc) is 1.59. The highest BCUT2D eigenvalue weighted by atomic mass is 35.5. The minimum Gasteiger partial charge on any atom is -0.330 e. The molecule has 0 aliphatic rings. The number of hydrogen-bond donors (Lipinski definition) is 1. The fourth-order valence-corrected chi connectivity index (χ4v) is 1.04. The van der Waals surface area contributed by atoms with E-state index < -0.39 is 9.84 Å². The van der Waals surface area contributed by atoms with Crippen LogP contribution in [-0.2, 0) is 9.84 Å². The van der Waals surface area contributed by atoms with Crippen LogP contribution in [-0.4, -0.2) is 27.0 Å². The number of hydrogen-bond acceptors (Lipinski definition) is 3. The molecule has 0 aliphatic heterocycles. The zero-order valence-corrected chi connectivity index (χ0v) is 6.96. The predicted molar refractivity (Wildman–Crippen MR) is 40.6 cm³/mol. The molecular formula is C4H12ClNO2S. The Morgan fingerprint density at radius 1 is 1.44 bits per heavy atom. The molecule has 0 rings (SSSR count). The molecule has 0 bridgehead atoms. The van der Waals surface area contributed by atoms with Crippen molar-refractivity contribution in [2.75, 3.05) is 18.6 Å². The van der Waals surface area contributed by atoms with Gasteiger partial charge in [-0.1, -0.05) is 0 Å². The van der Waals surface area contributed by atoms with E-state index in [9.17, 15) is 8.42 Å². The highest BCUT2D eigenvalue weighted by Gasteiger charge is 1.97. The minimum absolute atomic E-state index is 0. The topological polar surface area (TPSA) is 60.2 Å². The maximum absolute atomic E-state index is 10.3. The molecule has 9 heavy (non-hydrogen) atoms. The first-order valence-corrected chi connectivity index (χ1v) is 4.50. The molecule has 0 aromatic rings. The predicted octanol–water partition coefficient (Wildman–Crippen LogP) is -0.198. The van der Waals surface area contributed by atoms with Gasteiger partial charge in [-0.15, -0.1) is 12.4 Å². The van der Waals surface area contributed by atoms with Crippen LogP contribution in [0.3, 0.4) is 0 Å². The lowest BCUT2D eigenvalue weighted by Gasteiger charge is -1.91. The van der Waals surface area contributed by atoms with Crippen molar-refractivity contribution in [1.82, 2.24) is 0 Å². The van der Waals surface area contributed by atoms with Gasteiger partial charge in [-0.3, -0.25) is 0 Å². The Labute approximate surface area is 62.0 Å². The maximum Gasteiger partial charge on any atom is 0.147 e. The number of halogens is 1. The van der Waals surface area contributed by atoms with Gasteiger partial charge in [0.1, 0.15) is 9.84 Å². The Kier molecular flexibility index (Phi) is 6.66. The molecule has 0 radical (unpaired) electrons. The Morgan fingerprint density at radius 2 is 1.89 bits per heavy atom. The fourth-order valence-electron chi connectivity index (χ4n) is 0.346. The van der Waals surface area contributed by atoms with E-state index in [2.05, 4.69) is 0 Å². The Bertz CT molecular complexity index is 143. The van der Waals surface area contributed by atoms with E-state index in [1.807, 2.05) is 0 Å². The highest BCUT2D eigenvalue weighted by Crippen LogP contribution is 1.84. The first-order valence-electron chi connectivity index (χ1n) is 2.44. The lowest BCUT2D eigenvalue weighted by molar-refractivity contribution is 0.599. The van der Waals surface area contributed by atoms with Crippen molar-refractivity contribution < 1.29 is 8.42 Å². The summed E-state index contributed by atoms with van der Waals surface area (Å²) in [5, 5.41) is 0. The van der Waals surface area contributed by atoms with E-state index in [1.165, 1.54) is 6.26 Å². The van der Waals surface area contributed by atoms with Crippen LogP contribution in [0.1, 0.15) is 6.42 Å². The van der Waals surface area contributed by atoms with Gasteiger partial charge in [0.2, 0.25) is 0 Å². The Hall–Kier alpha value is 0.200. The highest BCUT2D eigenvalue weighted by molar-refractivity contribution is 7.90. The summed E-state index contributed by atoms with van der Waals surface area (Å²) >= 11 is 0. The molecule has 0 atom stereocenters. The second kappa shape index (κ2) is 5.02. The fraction of sp³-hybridized carbons (Fsp3) is 1.00. The molecule has 3 nitrogen and oxygen atoms in total. The molecule has 58 valence electrons. The summed E-state index contributed by atoms with van der Waals surface area (Å²) in [7, 11) is -2.77. The summed E-state index contributed by atoms with van der Waals surface area (Å²) in [4.78, 5) is 0. The maximum atomic E-state index is 10.3. The monoisotopic (exact) mass is 173 g/mol. The van der Waals surface area contributed by atoms with Crippen LogP contribution in [0.15, 0.2) is 0 Å². The molecule has 0 aromatic carbocycles. The molecule has 0 unspecified atom stereocenters. The number of rotatable bonds is 3. The van der Waals surface area contributed by atoms with Gasteiger partial charge < -0.3 is 5.73 Å². The largest absolute Gasteiger partial charge is 0.330 e. The van der Waals surface area contributed by atoms with Crippen LogP contribution in [0.2, 0.25) is 0 Å². The van der Waals surface area contributed by atoms with Crippen LogP contribution in [0.25, 0.3) is 0 Å². The standard InChI is InChI=1S/C4H11NO2S.ClH/c1-8(6,7)4-2-3-5;/h2-5H2,1H3;1H. The zero-order valence-electron chi connectivity index (χ0n) is 5.33. The van der Waals surface area contributed by atoms with Crippen LogP contribution >= 0.6 is 12.4 Å². The lowest BCUT2D eigenvalue weighted by Crippen LogP contribution is -2.08. The molecule has 0 fully saturated rings. The summed E-state index contributed by atoms with van der Waals surface area (Å²) in [5.74, 6) is 0.212. The van der Waals surface area contributed by atoms with Crippen LogP contribution in [0.4, 0.5) is 0 Å². The summed E-state index contributed by atoms with van der Waals surface area (Å²) < 4.78 is 20.7. The van der Waals surface area contributed by atoms with Crippen molar-refractivity contribution in [3.8, 4) is 0 Å². The Balaban J connectivity index is 0. The van der Waals surface area contributed by atoms with Gasteiger partial charge in [0, 0.05) is 6.26 Å². The Morgan fingerprint density at radius 3 is 2.00 bits per heavy atom. The van der Waals surface area contributed by atoms with Crippen molar-refractivity contribution in [3.63, 3.8) is 0 Å². The molecule has 5 heteroatoms. The third-order valence-electron chi connectivity index (χ3n) is 0.719. The van der Waals surface area contributed by atoms with E-state index in [-0.39, 0.29) is 18.2 Å². The van der Waals surface area contributed by atoms with E-state index in [0.29, 0.717) is 13.0 Å². The van der Waals surface area contributed by atoms with Gasteiger partial charge in [0.15, 0.2) is 0 Å². The molecule has 0 amide bonds. The van der Waals surface area contributed by atoms with Crippen LogP contribution < -0.4 is 5.73 Å². The molecule has 0 spiro atoms. The van der Waals surface area contributed by atoms with Crippen LogP contribution in [0.5, 0.6) is 0 Å². The van der Waals surface area contributed by atoms with E-state index >= 15 is 0 Å². The number of sulfone groups is 1. The molecule has 0 saturated carbocycles. The van der Waals surface area contributed by atoms with Gasteiger partial charge >= 0.3 is 0 Å². The lowest BCUT2D eigenvalue weighted by atomic mass is 10.5. The smallest absolute Gasteiger partial charge is 0.147 e. The summed E-state index contributed by atoms with van der Waals surface area (Å²) in [6, 6.07) is 0. The number of nitrogens with two attached hydrogens (primary N) is 1. The second-order valence-corrected chi connectivity index (χ2v) is 4.03. The normalized spacial score (nSPS) is 10.4. The molecule has 0 saturated heterocycles. The quantitative estimate of drug-likeness (QED) is 0.643. The van der Waals surface area contributed by atoms with Gasteiger partial charge in [0.25, 0.3) is 0 Å². The van der Waals surface area contributed by atoms with Crippen molar-refractivity contribution in [3.05, 3.63) is 0 Å². The third-order valence-corrected chi connectivity index (χ3v) is 1.75. The summed E-state index contributed by atoms with van der Waals surface area (Å²) in [6.07, 6.45) is 1.78. The minimum atomic E-state index is -2.77. The summed E-state index contributed by atoms with van der Waals surface area (Å²) in [6.45, 7) is 0.451. The molecule has 2 N–H and O–H groups in total. The average molecular weight is 174 g/mol. The van der Waals surface area contributed by atoms with Crippen LogP contribution in [0, 0.1) is 0 Å². The van der Waals surface area contributed by atoms with E-state index in [4.69, 9.17) is 5.73 Å². The molecule has 0 heterocycles. The van der Waals surface area contributed by atoms with Crippen molar-refractivity contribution >= 4 is 22.2 Å². The van der Waals surface area contributed by atoms with Crippen molar-refractivity contribution in [2.24, 2.45) is 5.73 Å². The second-order valence-electron chi connectivity index (χ2n) is 1.77. The molecule has 0 aliphatic carbocycles. The van der Waals surface area contributed by atoms with E-state index in [1.54, 1.807) is 0 Å². The van der Waals surface area contributed by atoms with Gasteiger partial charge in [-0.05, 0) is 13.0 Å². The van der Waals surface area contributed by atoms with Gasteiger partial charge in [-0.2, -0.15) is 0 Å². The van der Waals surface area contributed by atoms with E-state index in [0.717, 1.165) is 0 Å². The SMILES string of the molecule is CS(=O)(=O)CCCN.Cl.